The van der Waals surface area contributed by atoms with Gasteiger partial charge < -0.3 is 15.3 Å². The van der Waals surface area contributed by atoms with E-state index in [0.717, 1.165) is 15.8 Å². The first kappa shape index (κ1) is 17.5. The van der Waals surface area contributed by atoms with Crippen LogP contribution < -0.4 is 16.6 Å². The molecule has 4 aromatic rings. The minimum absolute atomic E-state index is 0.159. The van der Waals surface area contributed by atoms with Gasteiger partial charge >= 0.3 is 5.69 Å². The van der Waals surface area contributed by atoms with E-state index in [-0.39, 0.29) is 13.1 Å². The number of aromatic amines is 2. The van der Waals surface area contributed by atoms with Gasteiger partial charge in [-0.1, -0.05) is 42.5 Å². The number of nitrogens with one attached hydrogen (secondary N) is 3. The van der Waals surface area contributed by atoms with Crippen molar-refractivity contribution in [1.29, 1.82) is 0 Å². The Hall–Kier alpha value is -3.94. The van der Waals surface area contributed by atoms with Gasteiger partial charge in [-0.2, -0.15) is 0 Å². The van der Waals surface area contributed by atoms with Crippen molar-refractivity contribution in [2.75, 3.05) is 0 Å². The predicted molar refractivity (Wildman–Crippen MR) is 105 cm³/mol. The maximum Gasteiger partial charge on any atom is 0.329 e. The molecule has 0 aliphatic carbocycles. The average molecular weight is 375 g/mol. The minimum atomic E-state index is -0.622. The molecule has 0 bridgehead atoms. The minimum Gasteiger partial charge on any atom is -0.347 e. The van der Waals surface area contributed by atoms with E-state index in [1.54, 1.807) is 30.5 Å². The van der Waals surface area contributed by atoms with Gasteiger partial charge in [0.2, 0.25) is 5.91 Å². The monoisotopic (exact) mass is 375 g/mol. The maximum absolute atomic E-state index is 12.5. The Balaban J connectivity index is 1.46. The SMILES string of the molecule is O=C(Cn1c(=O)[nH]c2ccccc2c1=O)NCc1ncc(-c2ccccc2)[nH]1. The lowest BCUT2D eigenvalue weighted by atomic mass is 10.2. The predicted octanol–water partition coefficient (Wildman–Crippen LogP) is 1.40. The van der Waals surface area contributed by atoms with E-state index in [0.29, 0.717) is 16.7 Å². The smallest absolute Gasteiger partial charge is 0.329 e. The van der Waals surface area contributed by atoms with Gasteiger partial charge in [0.05, 0.1) is 29.3 Å². The highest BCUT2D eigenvalue weighted by molar-refractivity contribution is 5.78. The molecule has 3 N–H and O–H groups in total. The largest absolute Gasteiger partial charge is 0.347 e. The standard InChI is InChI=1S/C20H17N5O3/c26-18(12-25-19(27)14-8-4-5-9-15(14)24-20(25)28)22-11-17-21-10-16(23-17)13-6-2-1-3-7-13/h1-10H,11-12H2,(H,21,23)(H,22,26)(H,24,28). The number of hydrogen-bond donors (Lipinski definition) is 3. The lowest BCUT2D eigenvalue weighted by Crippen LogP contribution is -2.40. The van der Waals surface area contributed by atoms with Crippen molar-refractivity contribution in [2.24, 2.45) is 0 Å². The van der Waals surface area contributed by atoms with Crippen LogP contribution in [-0.2, 0) is 17.9 Å². The molecule has 140 valence electrons. The fraction of sp³-hybridized carbons (Fsp3) is 0.100. The molecule has 0 fully saturated rings. The molecule has 2 heterocycles. The quantitative estimate of drug-likeness (QED) is 0.489. The number of para-hydroxylation sites is 1. The molecule has 0 saturated heterocycles. The van der Waals surface area contributed by atoms with Gasteiger partial charge in [0.15, 0.2) is 0 Å². The molecule has 0 atom stereocenters. The molecule has 0 aliphatic heterocycles. The fourth-order valence-electron chi connectivity index (χ4n) is 2.94. The molecule has 28 heavy (non-hydrogen) atoms. The van der Waals surface area contributed by atoms with Crippen LogP contribution in [0.2, 0.25) is 0 Å². The summed E-state index contributed by atoms with van der Waals surface area (Å²) in [5.74, 6) is 0.118. The second-order valence-corrected chi connectivity index (χ2v) is 6.25. The normalized spacial score (nSPS) is 10.9. The topological polar surface area (TPSA) is 113 Å². The summed E-state index contributed by atoms with van der Waals surface area (Å²) in [6, 6.07) is 16.4. The first-order valence-electron chi connectivity index (χ1n) is 8.69. The number of hydrogen-bond acceptors (Lipinski definition) is 4. The highest BCUT2D eigenvalue weighted by Crippen LogP contribution is 2.15. The van der Waals surface area contributed by atoms with E-state index in [1.807, 2.05) is 30.3 Å². The number of rotatable bonds is 5. The summed E-state index contributed by atoms with van der Waals surface area (Å²) >= 11 is 0. The third kappa shape index (κ3) is 3.48. The van der Waals surface area contributed by atoms with Crippen LogP contribution >= 0.6 is 0 Å². The van der Waals surface area contributed by atoms with Gasteiger partial charge in [0, 0.05) is 0 Å². The second-order valence-electron chi connectivity index (χ2n) is 6.25. The van der Waals surface area contributed by atoms with Crippen LogP contribution in [-0.4, -0.2) is 25.4 Å². The van der Waals surface area contributed by atoms with E-state index in [1.165, 1.54) is 0 Å². The number of nitrogens with zero attached hydrogens (tertiary/aromatic N) is 2. The zero-order valence-electron chi connectivity index (χ0n) is 14.8. The molecule has 8 heteroatoms. The summed E-state index contributed by atoms with van der Waals surface area (Å²) in [4.78, 5) is 46.8. The first-order chi connectivity index (χ1) is 13.6. The Morgan fingerprint density at radius 1 is 1.00 bits per heavy atom. The van der Waals surface area contributed by atoms with Crippen LogP contribution in [0.1, 0.15) is 5.82 Å². The van der Waals surface area contributed by atoms with E-state index >= 15 is 0 Å². The molecule has 4 rings (SSSR count). The molecular formula is C20H17N5O3. The van der Waals surface area contributed by atoms with Crippen LogP contribution in [0.4, 0.5) is 0 Å². The Kier molecular flexibility index (Phi) is 4.59. The van der Waals surface area contributed by atoms with Crippen molar-refractivity contribution in [1.82, 2.24) is 24.8 Å². The van der Waals surface area contributed by atoms with E-state index < -0.39 is 17.2 Å². The molecule has 0 unspecified atom stereocenters. The third-order valence-corrected chi connectivity index (χ3v) is 4.36. The van der Waals surface area contributed by atoms with Crippen molar-refractivity contribution in [3.05, 3.63) is 87.5 Å². The number of imidazole rings is 1. The lowest BCUT2D eigenvalue weighted by molar-refractivity contribution is -0.122. The Morgan fingerprint density at radius 3 is 2.57 bits per heavy atom. The van der Waals surface area contributed by atoms with Crippen molar-refractivity contribution in [3.8, 4) is 11.3 Å². The molecule has 0 radical (unpaired) electrons. The molecule has 2 aromatic heterocycles. The third-order valence-electron chi connectivity index (χ3n) is 4.36. The van der Waals surface area contributed by atoms with E-state index in [4.69, 9.17) is 0 Å². The zero-order chi connectivity index (χ0) is 19.5. The number of amides is 1. The van der Waals surface area contributed by atoms with Gasteiger partial charge in [0.25, 0.3) is 5.56 Å². The molecule has 1 amide bonds. The summed E-state index contributed by atoms with van der Waals surface area (Å²) in [5, 5.41) is 3.02. The summed E-state index contributed by atoms with van der Waals surface area (Å²) in [6.07, 6.45) is 1.69. The van der Waals surface area contributed by atoms with E-state index in [9.17, 15) is 14.4 Å². The number of H-pyrrole nitrogens is 2. The molecule has 2 aromatic carbocycles. The Bertz CT molecular complexity index is 1250. The highest BCUT2D eigenvalue weighted by atomic mass is 16.2. The summed E-state index contributed by atoms with van der Waals surface area (Å²) in [6.45, 7) is -0.211. The van der Waals surface area contributed by atoms with Crippen LogP contribution in [0, 0.1) is 0 Å². The Labute approximate surface area is 158 Å². The average Bonchev–Trinajstić information content (AvgIpc) is 3.19. The molecule has 0 saturated carbocycles. The van der Waals surface area contributed by atoms with Gasteiger partial charge in [-0.25, -0.2) is 9.78 Å². The fourth-order valence-corrected chi connectivity index (χ4v) is 2.94. The van der Waals surface area contributed by atoms with Gasteiger partial charge in [-0.15, -0.1) is 0 Å². The van der Waals surface area contributed by atoms with Crippen LogP contribution in [0.25, 0.3) is 22.2 Å². The molecule has 8 nitrogen and oxygen atoms in total. The number of benzene rings is 2. The maximum atomic E-state index is 12.5. The van der Waals surface area contributed by atoms with Crippen LogP contribution in [0.15, 0.2) is 70.4 Å². The van der Waals surface area contributed by atoms with Gasteiger partial charge in [-0.3, -0.25) is 14.2 Å². The summed E-state index contributed by atoms with van der Waals surface area (Å²) < 4.78 is 0.884. The van der Waals surface area contributed by atoms with E-state index in [2.05, 4.69) is 20.3 Å². The van der Waals surface area contributed by atoms with Crippen molar-refractivity contribution >= 4 is 16.8 Å². The second kappa shape index (κ2) is 7.36. The first-order valence-corrected chi connectivity index (χ1v) is 8.69. The van der Waals surface area contributed by atoms with Gasteiger partial charge in [-0.05, 0) is 17.7 Å². The number of fused-ring (bicyclic) bond motifs is 1. The van der Waals surface area contributed by atoms with Crippen molar-refractivity contribution in [2.45, 2.75) is 13.1 Å². The highest BCUT2D eigenvalue weighted by Gasteiger charge is 2.11. The van der Waals surface area contributed by atoms with Crippen molar-refractivity contribution < 1.29 is 4.79 Å². The lowest BCUT2D eigenvalue weighted by Gasteiger charge is -2.07. The van der Waals surface area contributed by atoms with Crippen LogP contribution in [0.5, 0.6) is 0 Å². The number of carbonyl (C=O) groups excluding carboxylic acids is 1. The number of carbonyl (C=O) groups is 1. The molecule has 0 aliphatic rings. The molecule has 0 spiro atoms. The summed E-state index contributed by atoms with van der Waals surface area (Å²) in [7, 11) is 0. The van der Waals surface area contributed by atoms with Gasteiger partial charge in [0.1, 0.15) is 12.4 Å². The van der Waals surface area contributed by atoms with Crippen LogP contribution in [0.3, 0.4) is 0 Å². The molecular weight excluding hydrogens is 358 g/mol. The number of aromatic nitrogens is 4. The summed E-state index contributed by atoms with van der Waals surface area (Å²) in [5.41, 5.74) is 1.15. The Morgan fingerprint density at radius 2 is 1.75 bits per heavy atom. The van der Waals surface area contributed by atoms with Crippen molar-refractivity contribution in [3.63, 3.8) is 0 Å². The zero-order valence-corrected chi connectivity index (χ0v) is 14.8.